The first kappa shape index (κ1) is 9.65. The molecule has 0 saturated carbocycles. The molecule has 0 spiro atoms. The van der Waals surface area contributed by atoms with Crippen LogP contribution < -0.4 is 0 Å². The van der Waals surface area contributed by atoms with Gasteiger partial charge in [-0.1, -0.05) is 6.08 Å². The Bertz CT molecular complexity index is 181. The molecule has 1 aliphatic carbocycles. The lowest BCUT2D eigenvalue weighted by Crippen LogP contribution is -2.21. The van der Waals surface area contributed by atoms with Gasteiger partial charge in [-0.15, -0.1) is 0 Å². The Morgan fingerprint density at radius 3 is 2.75 bits per heavy atom. The lowest BCUT2D eigenvalue weighted by Gasteiger charge is -2.16. The van der Waals surface area contributed by atoms with E-state index in [0.717, 1.165) is 31.8 Å². The summed E-state index contributed by atoms with van der Waals surface area (Å²) < 4.78 is 24.9. The number of hydrogen-bond donors (Lipinski definition) is 1. The van der Waals surface area contributed by atoms with E-state index in [1.54, 1.807) is 0 Å². The molecular formula is C9H14F2O. The van der Waals surface area contributed by atoms with Gasteiger partial charge in [0, 0.05) is 6.42 Å². The molecule has 1 atom stereocenters. The van der Waals surface area contributed by atoms with Gasteiger partial charge < -0.3 is 5.11 Å². The molecule has 3 heteroatoms. The maximum atomic E-state index is 12.4. The van der Waals surface area contributed by atoms with E-state index in [-0.39, 0.29) is 0 Å². The van der Waals surface area contributed by atoms with Gasteiger partial charge >= 0.3 is 0 Å². The smallest absolute Gasteiger partial charge is 0.248 e. The summed E-state index contributed by atoms with van der Waals surface area (Å²) in [6.07, 6.45) is 3.17. The summed E-state index contributed by atoms with van der Waals surface area (Å²) in [4.78, 5) is 0. The molecule has 12 heavy (non-hydrogen) atoms. The predicted octanol–water partition coefficient (Wildman–Crippen LogP) is 2.50. The maximum absolute atomic E-state index is 12.4. The third-order valence-electron chi connectivity index (χ3n) is 2.06. The molecule has 0 radical (unpaired) electrons. The number of aliphatic hydroxyl groups is 1. The molecule has 0 aliphatic heterocycles. The summed E-state index contributed by atoms with van der Waals surface area (Å²) in [5, 5.41) is 9.34. The van der Waals surface area contributed by atoms with E-state index in [4.69, 9.17) is 0 Å². The molecule has 0 fully saturated rings. The highest BCUT2D eigenvalue weighted by Crippen LogP contribution is 2.27. The Hall–Kier alpha value is -0.440. The van der Waals surface area contributed by atoms with Crippen molar-refractivity contribution in [1.29, 1.82) is 0 Å². The first-order valence-corrected chi connectivity index (χ1v) is 4.24. The van der Waals surface area contributed by atoms with E-state index in [9.17, 15) is 13.9 Å². The number of allylic oxidation sites excluding steroid dienone is 1. The monoisotopic (exact) mass is 176 g/mol. The van der Waals surface area contributed by atoms with Gasteiger partial charge in [0.1, 0.15) is 0 Å². The Kier molecular flexibility index (Phi) is 2.83. The van der Waals surface area contributed by atoms with E-state index >= 15 is 0 Å². The normalized spacial score (nSPS) is 20.8. The number of hydrogen-bond acceptors (Lipinski definition) is 1. The van der Waals surface area contributed by atoms with Crippen molar-refractivity contribution in [1.82, 2.24) is 0 Å². The molecule has 1 rings (SSSR count). The lowest BCUT2D eigenvalue weighted by molar-refractivity contribution is -0.0194. The van der Waals surface area contributed by atoms with Crippen molar-refractivity contribution >= 4 is 0 Å². The second-order valence-corrected chi connectivity index (χ2v) is 3.46. The van der Waals surface area contributed by atoms with Gasteiger partial charge in [0.25, 0.3) is 0 Å². The molecule has 0 heterocycles. The van der Waals surface area contributed by atoms with E-state index in [1.165, 1.54) is 0 Å². The topological polar surface area (TPSA) is 20.2 Å². The molecule has 1 aliphatic rings. The SMILES string of the molecule is CC(F)(F)CC(O)C1=CCCC1. The van der Waals surface area contributed by atoms with E-state index < -0.39 is 18.4 Å². The molecule has 0 saturated heterocycles. The van der Waals surface area contributed by atoms with Crippen LogP contribution in [0.3, 0.4) is 0 Å². The third kappa shape index (κ3) is 2.89. The largest absolute Gasteiger partial charge is 0.389 e. The van der Waals surface area contributed by atoms with E-state index in [0.29, 0.717) is 0 Å². The average Bonchev–Trinajstić information content (AvgIpc) is 2.32. The summed E-state index contributed by atoms with van der Waals surface area (Å²) in [7, 11) is 0. The van der Waals surface area contributed by atoms with Crippen LogP contribution in [0.4, 0.5) is 8.78 Å². The van der Waals surface area contributed by atoms with Crippen LogP contribution >= 0.6 is 0 Å². The Labute approximate surface area is 71.1 Å². The van der Waals surface area contributed by atoms with Gasteiger partial charge in [-0.25, -0.2) is 8.78 Å². The zero-order valence-corrected chi connectivity index (χ0v) is 7.19. The highest BCUT2D eigenvalue weighted by molar-refractivity contribution is 5.12. The second kappa shape index (κ2) is 3.52. The zero-order chi connectivity index (χ0) is 9.19. The summed E-state index contributed by atoms with van der Waals surface area (Å²) in [5.41, 5.74) is 0.788. The van der Waals surface area contributed by atoms with Crippen LogP contribution in [0.15, 0.2) is 11.6 Å². The lowest BCUT2D eigenvalue weighted by atomic mass is 10.0. The first-order chi connectivity index (χ1) is 5.49. The summed E-state index contributed by atoms with van der Waals surface area (Å²) in [6.45, 7) is 0.839. The van der Waals surface area contributed by atoms with Gasteiger partial charge in [0.15, 0.2) is 0 Å². The van der Waals surface area contributed by atoms with Crippen LogP contribution in [-0.4, -0.2) is 17.1 Å². The Morgan fingerprint density at radius 2 is 2.33 bits per heavy atom. The number of rotatable bonds is 3. The van der Waals surface area contributed by atoms with Crippen LogP contribution in [0, 0.1) is 0 Å². The van der Waals surface area contributed by atoms with Gasteiger partial charge in [0.05, 0.1) is 6.10 Å². The van der Waals surface area contributed by atoms with Crippen LogP contribution in [0.25, 0.3) is 0 Å². The molecule has 0 aromatic rings. The summed E-state index contributed by atoms with van der Waals surface area (Å²) >= 11 is 0. The van der Waals surface area contributed by atoms with Gasteiger partial charge in [-0.05, 0) is 31.8 Å². The number of halogens is 2. The van der Waals surface area contributed by atoms with Crippen molar-refractivity contribution in [2.24, 2.45) is 0 Å². The van der Waals surface area contributed by atoms with Crippen LogP contribution in [0.2, 0.25) is 0 Å². The molecule has 0 bridgehead atoms. The Morgan fingerprint density at radius 1 is 1.67 bits per heavy atom. The second-order valence-electron chi connectivity index (χ2n) is 3.46. The minimum Gasteiger partial charge on any atom is -0.389 e. The van der Waals surface area contributed by atoms with Crippen LogP contribution in [0.5, 0.6) is 0 Å². The molecule has 0 aromatic carbocycles. The van der Waals surface area contributed by atoms with Crippen molar-refractivity contribution in [3.05, 3.63) is 11.6 Å². The minimum atomic E-state index is -2.76. The highest BCUT2D eigenvalue weighted by Gasteiger charge is 2.27. The van der Waals surface area contributed by atoms with Gasteiger partial charge in [-0.2, -0.15) is 0 Å². The van der Waals surface area contributed by atoms with Crippen molar-refractivity contribution < 1.29 is 13.9 Å². The molecule has 70 valence electrons. The standard InChI is InChI=1S/C9H14F2O/c1-9(10,11)6-8(12)7-4-2-3-5-7/h4,8,12H,2-3,5-6H2,1H3. The molecule has 1 unspecified atom stereocenters. The Balaban J connectivity index is 2.42. The van der Waals surface area contributed by atoms with Gasteiger partial charge in [0.2, 0.25) is 5.92 Å². The fraction of sp³-hybridized carbons (Fsp3) is 0.778. The van der Waals surface area contributed by atoms with Crippen molar-refractivity contribution in [2.75, 3.05) is 0 Å². The number of aliphatic hydroxyl groups excluding tert-OH is 1. The maximum Gasteiger partial charge on any atom is 0.248 e. The van der Waals surface area contributed by atoms with Crippen LogP contribution in [-0.2, 0) is 0 Å². The summed E-state index contributed by atoms with van der Waals surface area (Å²) in [5.74, 6) is -2.76. The highest BCUT2D eigenvalue weighted by atomic mass is 19.3. The average molecular weight is 176 g/mol. The van der Waals surface area contributed by atoms with Crippen LogP contribution in [0.1, 0.15) is 32.6 Å². The minimum absolute atomic E-state index is 0.446. The fourth-order valence-corrected chi connectivity index (χ4v) is 1.47. The van der Waals surface area contributed by atoms with Crippen molar-refractivity contribution in [2.45, 2.75) is 44.6 Å². The quantitative estimate of drug-likeness (QED) is 0.655. The van der Waals surface area contributed by atoms with E-state index in [2.05, 4.69) is 0 Å². The molecule has 1 N–H and O–H groups in total. The van der Waals surface area contributed by atoms with Crippen molar-refractivity contribution in [3.63, 3.8) is 0 Å². The van der Waals surface area contributed by atoms with E-state index in [1.807, 2.05) is 6.08 Å². The first-order valence-electron chi connectivity index (χ1n) is 4.24. The fourth-order valence-electron chi connectivity index (χ4n) is 1.47. The number of alkyl halides is 2. The molecule has 1 nitrogen and oxygen atoms in total. The molecule has 0 amide bonds. The predicted molar refractivity (Wildman–Crippen MR) is 43.2 cm³/mol. The van der Waals surface area contributed by atoms with Gasteiger partial charge in [-0.3, -0.25) is 0 Å². The summed E-state index contributed by atoms with van der Waals surface area (Å²) in [6, 6.07) is 0. The third-order valence-corrected chi connectivity index (χ3v) is 2.06. The molecular weight excluding hydrogens is 162 g/mol. The van der Waals surface area contributed by atoms with Crippen molar-refractivity contribution in [3.8, 4) is 0 Å². The zero-order valence-electron chi connectivity index (χ0n) is 7.19. The molecule has 0 aromatic heterocycles.